The molecule has 0 amide bonds. The van der Waals surface area contributed by atoms with Crippen molar-refractivity contribution < 1.29 is 0 Å². The second kappa shape index (κ2) is 5.31. The Bertz CT molecular complexity index is 560. The van der Waals surface area contributed by atoms with Gasteiger partial charge in [-0.15, -0.1) is 11.3 Å². The maximum absolute atomic E-state index is 4.54. The fourth-order valence-electron chi connectivity index (χ4n) is 2.11. The third-order valence-corrected chi connectivity index (χ3v) is 4.52. The maximum atomic E-state index is 4.54. The fourth-order valence-corrected chi connectivity index (χ4v) is 2.95. The Morgan fingerprint density at radius 1 is 1.37 bits per heavy atom. The Labute approximate surface area is 118 Å². The van der Waals surface area contributed by atoms with Gasteiger partial charge in [0.05, 0.1) is 0 Å². The fraction of sp³-hybridized carbons (Fsp3) is 0.400. The lowest BCUT2D eigenvalue weighted by Gasteiger charge is -2.18. The minimum absolute atomic E-state index is 0.750. The van der Waals surface area contributed by atoms with E-state index in [1.807, 2.05) is 6.20 Å². The first kappa shape index (κ1) is 12.6. The number of benzene rings is 1. The van der Waals surface area contributed by atoms with Crippen LogP contribution in [-0.2, 0) is 6.54 Å². The van der Waals surface area contributed by atoms with Crippen LogP contribution in [0.15, 0.2) is 30.5 Å². The summed E-state index contributed by atoms with van der Waals surface area (Å²) in [6, 6.07) is 9.16. The molecule has 3 rings (SSSR count). The van der Waals surface area contributed by atoms with Gasteiger partial charge in [0, 0.05) is 36.4 Å². The molecule has 1 aliphatic carbocycles. The van der Waals surface area contributed by atoms with E-state index in [1.54, 1.807) is 11.3 Å². The van der Waals surface area contributed by atoms with E-state index in [4.69, 9.17) is 0 Å². The molecular weight excluding hydrogens is 254 g/mol. The Balaban J connectivity index is 1.72. The van der Waals surface area contributed by atoms with Crippen molar-refractivity contribution in [3.05, 3.63) is 40.9 Å². The number of aryl methyl sites for hydroxylation is 1. The van der Waals surface area contributed by atoms with Gasteiger partial charge in [-0.05, 0) is 31.4 Å². The first-order valence-electron chi connectivity index (χ1n) is 6.71. The molecule has 0 bridgehead atoms. The van der Waals surface area contributed by atoms with E-state index < -0.39 is 0 Å². The highest BCUT2D eigenvalue weighted by molar-refractivity contribution is 7.15. The van der Waals surface area contributed by atoms with Gasteiger partial charge in [-0.3, -0.25) is 0 Å². The first-order chi connectivity index (χ1) is 9.24. The Morgan fingerprint density at radius 2 is 2.16 bits per heavy atom. The number of thiazole rings is 1. The van der Waals surface area contributed by atoms with Crippen LogP contribution in [0.5, 0.6) is 0 Å². The summed E-state index contributed by atoms with van der Waals surface area (Å²) < 4.78 is 0. The molecule has 100 valence electrons. The van der Waals surface area contributed by atoms with Gasteiger partial charge < -0.3 is 10.2 Å². The summed E-state index contributed by atoms with van der Waals surface area (Å²) in [5.74, 6) is 0. The molecule has 1 fully saturated rings. The van der Waals surface area contributed by atoms with Crippen molar-refractivity contribution in [3.63, 3.8) is 0 Å². The molecule has 1 N–H and O–H groups in total. The zero-order chi connectivity index (χ0) is 13.2. The Hall–Kier alpha value is -1.39. The molecule has 0 spiro atoms. The zero-order valence-electron chi connectivity index (χ0n) is 11.4. The standard InChI is InChI=1S/C15H19N3S/c1-11-5-3-4-6-14(11)18(2)15-17-10-13(19-15)9-16-12-7-8-12/h3-6,10,12,16H,7-9H2,1-2H3. The van der Waals surface area contributed by atoms with Gasteiger partial charge in [-0.2, -0.15) is 0 Å². The average Bonchev–Trinajstić information content (AvgIpc) is 3.13. The van der Waals surface area contributed by atoms with Gasteiger partial charge in [-0.1, -0.05) is 18.2 Å². The third kappa shape index (κ3) is 2.96. The van der Waals surface area contributed by atoms with Crippen LogP contribution in [0.3, 0.4) is 0 Å². The predicted molar refractivity (Wildman–Crippen MR) is 81.2 cm³/mol. The summed E-state index contributed by atoms with van der Waals surface area (Å²) in [7, 11) is 2.08. The van der Waals surface area contributed by atoms with E-state index in [0.717, 1.165) is 17.7 Å². The SMILES string of the molecule is Cc1ccccc1N(C)c1ncc(CNC2CC2)s1. The topological polar surface area (TPSA) is 28.2 Å². The van der Waals surface area contributed by atoms with Crippen LogP contribution in [0, 0.1) is 6.92 Å². The van der Waals surface area contributed by atoms with Crippen LogP contribution in [-0.4, -0.2) is 18.1 Å². The van der Waals surface area contributed by atoms with E-state index in [9.17, 15) is 0 Å². The van der Waals surface area contributed by atoms with Crippen molar-refractivity contribution in [3.8, 4) is 0 Å². The molecule has 1 aliphatic rings. The molecule has 1 heterocycles. The van der Waals surface area contributed by atoms with Crippen molar-refractivity contribution in [1.82, 2.24) is 10.3 Å². The molecule has 0 aliphatic heterocycles. The summed E-state index contributed by atoms with van der Waals surface area (Å²) in [6.07, 6.45) is 4.65. The smallest absolute Gasteiger partial charge is 0.189 e. The average molecular weight is 273 g/mol. The van der Waals surface area contributed by atoms with Crippen molar-refractivity contribution in [2.45, 2.75) is 32.4 Å². The van der Waals surface area contributed by atoms with Crippen LogP contribution in [0.4, 0.5) is 10.8 Å². The molecule has 0 atom stereocenters. The molecule has 3 nitrogen and oxygen atoms in total. The molecule has 1 saturated carbocycles. The van der Waals surface area contributed by atoms with Crippen LogP contribution in [0.25, 0.3) is 0 Å². The highest BCUT2D eigenvalue weighted by Crippen LogP contribution is 2.30. The number of anilines is 2. The number of aromatic nitrogens is 1. The number of rotatable bonds is 5. The minimum atomic E-state index is 0.750. The summed E-state index contributed by atoms with van der Waals surface area (Å²) in [5, 5.41) is 4.59. The molecule has 0 saturated heterocycles. The second-order valence-electron chi connectivity index (χ2n) is 5.11. The largest absolute Gasteiger partial charge is 0.321 e. The summed E-state index contributed by atoms with van der Waals surface area (Å²) >= 11 is 1.77. The van der Waals surface area contributed by atoms with Gasteiger partial charge in [0.25, 0.3) is 0 Å². The summed E-state index contributed by atoms with van der Waals surface area (Å²) in [6.45, 7) is 3.08. The van der Waals surface area contributed by atoms with Gasteiger partial charge in [0.1, 0.15) is 0 Å². The van der Waals surface area contributed by atoms with E-state index in [-0.39, 0.29) is 0 Å². The lowest BCUT2D eigenvalue weighted by Crippen LogP contribution is -2.14. The Kier molecular flexibility index (Phi) is 3.53. The summed E-state index contributed by atoms with van der Waals surface area (Å²) in [5.41, 5.74) is 2.50. The van der Waals surface area contributed by atoms with E-state index in [2.05, 4.69) is 53.4 Å². The van der Waals surface area contributed by atoms with Crippen LogP contribution < -0.4 is 10.2 Å². The molecule has 1 aromatic heterocycles. The second-order valence-corrected chi connectivity index (χ2v) is 6.20. The lowest BCUT2D eigenvalue weighted by atomic mass is 10.2. The zero-order valence-corrected chi connectivity index (χ0v) is 12.2. The number of para-hydroxylation sites is 1. The van der Waals surface area contributed by atoms with Crippen LogP contribution in [0.2, 0.25) is 0 Å². The highest BCUT2D eigenvalue weighted by Gasteiger charge is 2.20. The molecular formula is C15H19N3S. The molecule has 0 unspecified atom stereocenters. The number of hydrogen-bond acceptors (Lipinski definition) is 4. The van der Waals surface area contributed by atoms with Crippen molar-refractivity contribution in [2.75, 3.05) is 11.9 Å². The van der Waals surface area contributed by atoms with E-state index in [0.29, 0.717) is 0 Å². The van der Waals surface area contributed by atoms with Crippen LogP contribution in [0.1, 0.15) is 23.3 Å². The van der Waals surface area contributed by atoms with E-state index >= 15 is 0 Å². The maximum Gasteiger partial charge on any atom is 0.189 e. The quantitative estimate of drug-likeness (QED) is 0.904. The van der Waals surface area contributed by atoms with Gasteiger partial charge in [0.2, 0.25) is 0 Å². The monoisotopic (exact) mass is 273 g/mol. The summed E-state index contributed by atoms with van der Waals surface area (Å²) in [4.78, 5) is 8.01. The van der Waals surface area contributed by atoms with Gasteiger partial charge in [0.15, 0.2) is 5.13 Å². The third-order valence-electron chi connectivity index (χ3n) is 3.45. The predicted octanol–water partition coefficient (Wildman–Crippen LogP) is 3.47. The molecule has 0 radical (unpaired) electrons. The lowest BCUT2D eigenvalue weighted by molar-refractivity contribution is 0.694. The minimum Gasteiger partial charge on any atom is -0.321 e. The number of hydrogen-bond donors (Lipinski definition) is 1. The molecule has 19 heavy (non-hydrogen) atoms. The van der Waals surface area contributed by atoms with Crippen molar-refractivity contribution >= 4 is 22.2 Å². The normalized spacial score (nSPS) is 14.6. The number of nitrogens with zero attached hydrogens (tertiary/aromatic N) is 2. The van der Waals surface area contributed by atoms with Crippen LogP contribution >= 0.6 is 11.3 Å². The molecule has 1 aromatic carbocycles. The van der Waals surface area contributed by atoms with Crippen molar-refractivity contribution in [2.24, 2.45) is 0 Å². The van der Waals surface area contributed by atoms with Gasteiger partial charge >= 0.3 is 0 Å². The first-order valence-corrected chi connectivity index (χ1v) is 7.53. The van der Waals surface area contributed by atoms with Crippen molar-refractivity contribution in [1.29, 1.82) is 0 Å². The van der Waals surface area contributed by atoms with E-state index in [1.165, 1.54) is 29.0 Å². The molecule has 4 heteroatoms. The Morgan fingerprint density at radius 3 is 2.89 bits per heavy atom. The number of nitrogens with one attached hydrogen (secondary N) is 1. The molecule has 2 aromatic rings. The van der Waals surface area contributed by atoms with Gasteiger partial charge in [-0.25, -0.2) is 4.98 Å². The highest BCUT2D eigenvalue weighted by atomic mass is 32.1.